The molecular formula is C26H34O5. The van der Waals surface area contributed by atoms with Gasteiger partial charge in [-0.3, -0.25) is 4.79 Å². The van der Waals surface area contributed by atoms with Crippen molar-refractivity contribution >= 4 is 17.9 Å². The molecule has 2 aromatic rings. The molecule has 2 rings (SSSR count). The lowest BCUT2D eigenvalue weighted by Crippen LogP contribution is -2.12. The van der Waals surface area contributed by atoms with Crippen LogP contribution in [-0.4, -0.2) is 23.0 Å². The molecule has 5 nitrogen and oxygen atoms in total. The van der Waals surface area contributed by atoms with E-state index in [1.54, 1.807) is 60.7 Å². The zero-order valence-electron chi connectivity index (χ0n) is 18.4. The second-order valence-corrected chi connectivity index (χ2v) is 7.38. The summed E-state index contributed by atoms with van der Waals surface area (Å²) in [4.78, 5) is 33.4. The van der Waals surface area contributed by atoms with Gasteiger partial charge < -0.3 is 9.84 Å². The van der Waals surface area contributed by atoms with Crippen molar-refractivity contribution in [3.63, 3.8) is 0 Å². The fourth-order valence-corrected chi connectivity index (χ4v) is 2.94. The van der Waals surface area contributed by atoms with Crippen LogP contribution in [0.3, 0.4) is 0 Å². The fraction of sp³-hybridized carbons (Fsp3) is 0.423. The molecule has 0 radical (unpaired) electrons. The van der Waals surface area contributed by atoms with Crippen LogP contribution < -0.4 is 0 Å². The SMILES string of the molecule is CCCCCCCCCCCC(=O)O.O=C(OC(=O)c1ccccc1)c1ccccc1. The molecule has 0 spiro atoms. The van der Waals surface area contributed by atoms with E-state index >= 15 is 0 Å². The Bertz CT molecular complexity index is 706. The average Bonchev–Trinajstić information content (AvgIpc) is 2.79. The maximum atomic E-state index is 11.6. The Balaban J connectivity index is 0.000000318. The van der Waals surface area contributed by atoms with Crippen molar-refractivity contribution in [3.05, 3.63) is 71.8 Å². The predicted molar refractivity (Wildman–Crippen MR) is 122 cm³/mol. The first kappa shape index (κ1) is 26.1. The maximum Gasteiger partial charge on any atom is 0.346 e. The van der Waals surface area contributed by atoms with Crippen LogP contribution in [0.15, 0.2) is 60.7 Å². The quantitative estimate of drug-likeness (QED) is 0.233. The standard InChI is InChI=1S/C14H10O3.C12H24O2/c15-13(11-7-3-1-4-8-11)17-14(16)12-9-5-2-6-10-12;1-2-3-4-5-6-7-8-9-10-11-12(13)14/h1-10H;2-11H2,1H3,(H,13,14). The molecule has 5 heteroatoms. The van der Waals surface area contributed by atoms with Crippen LogP contribution in [0, 0.1) is 0 Å². The summed E-state index contributed by atoms with van der Waals surface area (Å²) in [6.07, 6.45) is 11.5. The average molecular weight is 427 g/mol. The summed E-state index contributed by atoms with van der Waals surface area (Å²) in [5.41, 5.74) is 0.716. The molecule has 0 aliphatic heterocycles. The second-order valence-electron chi connectivity index (χ2n) is 7.38. The number of rotatable bonds is 12. The third kappa shape index (κ3) is 13.1. The number of hydrogen-bond donors (Lipinski definition) is 1. The number of ether oxygens (including phenoxy) is 1. The number of carbonyl (C=O) groups is 3. The highest BCUT2D eigenvalue weighted by Gasteiger charge is 2.13. The minimum absolute atomic E-state index is 0.343. The molecular weight excluding hydrogens is 392 g/mol. The van der Waals surface area contributed by atoms with E-state index < -0.39 is 17.9 Å². The normalized spacial score (nSPS) is 9.97. The predicted octanol–water partition coefficient (Wildman–Crippen LogP) is 6.68. The Hall–Kier alpha value is -2.95. The first-order chi connectivity index (χ1) is 15.0. The van der Waals surface area contributed by atoms with Gasteiger partial charge in [-0.25, -0.2) is 9.59 Å². The zero-order chi connectivity index (χ0) is 22.7. The van der Waals surface area contributed by atoms with Gasteiger partial charge in [-0.05, 0) is 30.7 Å². The van der Waals surface area contributed by atoms with Crippen molar-refractivity contribution in [2.45, 2.75) is 71.1 Å². The lowest BCUT2D eigenvalue weighted by Gasteiger charge is -2.02. The number of hydrogen-bond acceptors (Lipinski definition) is 4. The van der Waals surface area contributed by atoms with Crippen LogP contribution in [-0.2, 0) is 9.53 Å². The van der Waals surface area contributed by atoms with Crippen LogP contribution in [0.1, 0.15) is 91.8 Å². The molecule has 0 bridgehead atoms. The Morgan fingerprint density at radius 3 is 1.42 bits per heavy atom. The van der Waals surface area contributed by atoms with Crippen molar-refractivity contribution in [2.75, 3.05) is 0 Å². The molecule has 0 fully saturated rings. The number of carboxylic acids is 1. The summed E-state index contributed by atoms with van der Waals surface area (Å²) in [5.74, 6) is -1.94. The topological polar surface area (TPSA) is 80.7 Å². The van der Waals surface area contributed by atoms with E-state index in [0.29, 0.717) is 17.5 Å². The minimum Gasteiger partial charge on any atom is -0.481 e. The second kappa shape index (κ2) is 16.8. The molecule has 0 saturated carbocycles. The Labute approximate surface area is 185 Å². The molecule has 0 aromatic heterocycles. The summed E-state index contributed by atoms with van der Waals surface area (Å²) in [7, 11) is 0. The van der Waals surface area contributed by atoms with Gasteiger partial charge in [0.2, 0.25) is 0 Å². The third-order valence-corrected chi connectivity index (χ3v) is 4.70. The van der Waals surface area contributed by atoms with Gasteiger partial charge >= 0.3 is 17.9 Å². The molecule has 0 aliphatic carbocycles. The molecule has 0 atom stereocenters. The molecule has 0 aliphatic rings. The highest BCUT2D eigenvalue weighted by molar-refractivity contribution is 6.02. The monoisotopic (exact) mass is 426 g/mol. The molecule has 0 amide bonds. The van der Waals surface area contributed by atoms with Gasteiger partial charge in [0.15, 0.2) is 0 Å². The van der Waals surface area contributed by atoms with Crippen molar-refractivity contribution < 1.29 is 24.2 Å². The van der Waals surface area contributed by atoms with E-state index in [-0.39, 0.29) is 0 Å². The zero-order valence-corrected chi connectivity index (χ0v) is 18.4. The number of carboxylic acid groups (broad SMARTS) is 1. The van der Waals surface area contributed by atoms with Gasteiger partial charge in [-0.2, -0.15) is 0 Å². The van der Waals surface area contributed by atoms with Crippen molar-refractivity contribution in [2.24, 2.45) is 0 Å². The number of unbranched alkanes of at least 4 members (excludes halogenated alkanes) is 8. The summed E-state index contributed by atoms with van der Waals surface area (Å²) < 4.78 is 4.74. The molecule has 0 saturated heterocycles. The van der Waals surface area contributed by atoms with E-state index in [9.17, 15) is 14.4 Å². The van der Waals surface area contributed by atoms with Crippen LogP contribution in [0.5, 0.6) is 0 Å². The van der Waals surface area contributed by atoms with E-state index in [1.165, 1.54) is 44.9 Å². The fourth-order valence-electron chi connectivity index (χ4n) is 2.94. The van der Waals surface area contributed by atoms with E-state index in [2.05, 4.69) is 6.92 Å². The summed E-state index contributed by atoms with van der Waals surface area (Å²) in [5, 5.41) is 8.41. The lowest BCUT2D eigenvalue weighted by atomic mass is 10.1. The van der Waals surface area contributed by atoms with Crippen LogP contribution in [0.25, 0.3) is 0 Å². The molecule has 2 aromatic carbocycles. The summed E-state index contributed by atoms with van der Waals surface area (Å²) in [6, 6.07) is 16.8. The van der Waals surface area contributed by atoms with Crippen molar-refractivity contribution in [1.82, 2.24) is 0 Å². The van der Waals surface area contributed by atoms with Gasteiger partial charge in [-0.1, -0.05) is 94.7 Å². The van der Waals surface area contributed by atoms with Crippen LogP contribution >= 0.6 is 0 Å². The highest BCUT2D eigenvalue weighted by atomic mass is 16.6. The molecule has 0 heterocycles. The van der Waals surface area contributed by atoms with Gasteiger partial charge in [0.1, 0.15) is 0 Å². The smallest absolute Gasteiger partial charge is 0.346 e. The first-order valence-electron chi connectivity index (χ1n) is 11.1. The van der Waals surface area contributed by atoms with Gasteiger partial charge in [0, 0.05) is 6.42 Å². The number of carbonyl (C=O) groups excluding carboxylic acids is 2. The van der Waals surface area contributed by atoms with E-state index in [1.807, 2.05) is 0 Å². The summed E-state index contributed by atoms with van der Waals surface area (Å²) in [6.45, 7) is 2.23. The molecule has 168 valence electrons. The van der Waals surface area contributed by atoms with Gasteiger partial charge in [0.05, 0.1) is 11.1 Å². The third-order valence-electron chi connectivity index (χ3n) is 4.70. The maximum absolute atomic E-state index is 11.6. The van der Waals surface area contributed by atoms with Crippen molar-refractivity contribution in [1.29, 1.82) is 0 Å². The molecule has 0 unspecified atom stereocenters. The lowest BCUT2D eigenvalue weighted by molar-refractivity contribution is -0.137. The van der Waals surface area contributed by atoms with Crippen molar-refractivity contribution in [3.8, 4) is 0 Å². The largest absolute Gasteiger partial charge is 0.481 e. The molecule has 31 heavy (non-hydrogen) atoms. The van der Waals surface area contributed by atoms with Crippen LogP contribution in [0.4, 0.5) is 0 Å². The van der Waals surface area contributed by atoms with Gasteiger partial charge in [-0.15, -0.1) is 0 Å². The van der Waals surface area contributed by atoms with Gasteiger partial charge in [0.25, 0.3) is 0 Å². The number of aliphatic carboxylic acids is 1. The summed E-state index contributed by atoms with van der Waals surface area (Å²) >= 11 is 0. The first-order valence-corrected chi connectivity index (χ1v) is 11.1. The number of esters is 2. The Morgan fingerprint density at radius 2 is 1.03 bits per heavy atom. The highest BCUT2D eigenvalue weighted by Crippen LogP contribution is 2.10. The van der Waals surface area contributed by atoms with Crippen LogP contribution in [0.2, 0.25) is 0 Å². The molecule has 1 N–H and O–H groups in total. The minimum atomic E-state index is -0.659. The van der Waals surface area contributed by atoms with E-state index in [0.717, 1.165) is 12.8 Å². The van der Waals surface area contributed by atoms with E-state index in [4.69, 9.17) is 9.84 Å². The Morgan fingerprint density at radius 1 is 0.645 bits per heavy atom. The number of benzene rings is 2. The Kier molecular flexibility index (Phi) is 14.1.